The second kappa shape index (κ2) is 10.9. The number of nitrogens with two attached hydrogens (primary N) is 1. The van der Waals surface area contributed by atoms with Crippen LogP contribution in [0.25, 0.3) is 0 Å². The van der Waals surface area contributed by atoms with E-state index in [2.05, 4.69) is 6.92 Å². The summed E-state index contributed by atoms with van der Waals surface area (Å²) in [6.45, 7) is 3.98. The van der Waals surface area contributed by atoms with Crippen LogP contribution in [0.15, 0.2) is 0 Å². The predicted molar refractivity (Wildman–Crippen MR) is 65.6 cm³/mol. The van der Waals surface area contributed by atoms with Gasteiger partial charge in [0.2, 0.25) is 0 Å². The Balaban J connectivity index is 2.88. The minimum atomic E-state index is 0.618. The second-order valence-electron chi connectivity index (χ2n) is 3.60. The van der Waals surface area contributed by atoms with E-state index in [-0.39, 0.29) is 0 Å². The molecule has 84 valence electrons. The third-order valence-corrected chi connectivity index (χ3v) is 2.31. The molecule has 0 saturated heterocycles. The first-order valence-electron chi connectivity index (χ1n) is 5.63. The fourth-order valence-corrected chi connectivity index (χ4v) is 1.38. The van der Waals surface area contributed by atoms with E-state index in [1.165, 1.54) is 25.7 Å². The van der Waals surface area contributed by atoms with Crippen LogP contribution in [0.4, 0.5) is 0 Å². The van der Waals surface area contributed by atoms with Crippen LogP contribution in [0, 0.1) is 0 Å². The van der Waals surface area contributed by atoms with Crippen molar-refractivity contribution in [2.24, 2.45) is 5.73 Å². The molecule has 0 saturated carbocycles. The normalized spacial score (nSPS) is 10.4. The summed E-state index contributed by atoms with van der Waals surface area (Å²) in [4.78, 5) is 0.618. The van der Waals surface area contributed by atoms with Gasteiger partial charge in [-0.3, -0.25) is 0 Å². The first kappa shape index (κ1) is 13.8. The average molecular weight is 217 g/mol. The van der Waals surface area contributed by atoms with Crippen molar-refractivity contribution in [2.75, 3.05) is 13.2 Å². The molecule has 0 aliphatic rings. The molecule has 2 N–H and O–H groups in total. The smallest absolute Gasteiger partial charge is 0.0727 e. The Morgan fingerprint density at radius 2 is 1.71 bits per heavy atom. The van der Waals surface area contributed by atoms with Crippen molar-refractivity contribution in [1.29, 1.82) is 0 Å². The van der Waals surface area contributed by atoms with Crippen LogP contribution < -0.4 is 5.73 Å². The molecule has 0 amide bonds. The molecule has 0 heterocycles. The molecule has 2 nitrogen and oxygen atoms in total. The van der Waals surface area contributed by atoms with E-state index in [1.807, 2.05) is 0 Å². The van der Waals surface area contributed by atoms with Crippen molar-refractivity contribution in [3.63, 3.8) is 0 Å². The molecule has 0 aliphatic carbocycles. The first-order chi connectivity index (χ1) is 6.77. The fourth-order valence-electron chi connectivity index (χ4n) is 1.24. The first-order valence-corrected chi connectivity index (χ1v) is 6.04. The summed E-state index contributed by atoms with van der Waals surface area (Å²) < 4.78 is 5.48. The monoisotopic (exact) mass is 217 g/mol. The van der Waals surface area contributed by atoms with E-state index < -0.39 is 0 Å². The quantitative estimate of drug-likeness (QED) is 0.451. The summed E-state index contributed by atoms with van der Waals surface area (Å²) in [5.41, 5.74) is 5.38. The van der Waals surface area contributed by atoms with Gasteiger partial charge in [0.15, 0.2) is 0 Å². The highest BCUT2D eigenvalue weighted by Crippen LogP contribution is 2.00. The van der Waals surface area contributed by atoms with Crippen LogP contribution in [0.5, 0.6) is 0 Å². The summed E-state index contributed by atoms with van der Waals surface area (Å²) in [6.07, 6.45) is 8.09. The van der Waals surface area contributed by atoms with Gasteiger partial charge in [-0.05, 0) is 25.7 Å². The number of ether oxygens (including phenoxy) is 1. The minimum Gasteiger partial charge on any atom is -0.393 e. The van der Waals surface area contributed by atoms with Crippen LogP contribution in [0.3, 0.4) is 0 Å². The van der Waals surface area contributed by atoms with E-state index in [1.54, 1.807) is 0 Å². The van der Waals surface area contributed by atoms with Gasteiger partial charge in [-0.25, -0.2) is 0 Å². The summed E-state index contributed by atoms with van der Waals surface area (Å²) >= 11 is 4.78. The lowest BCUT2D eigenvalue weighted by Gasteiger charge is -2.03. The largest absolute Gasteiger partial charge is 0.393 e. The fraction of sp³-hybridized carbons (Fsp3) is 0.909. The van der Waals surface area contributed by atoms with Crippen LogP contribution in [-0.2, 0) is 4.74 Å². The van der Waals surface area contributed by atoms with Crippen LogP contribution in [0.2, 0.25) is 0 Å². The van der Waals surface area contributed by atoms with E-state index in [9.17, 15) is 0 Å². The standard InChI is InChI=1S/C11H23NOS/c1-2-3-4-6-9-13-10-7-5-8-11(12)14/h2-10H2,1H3,(H2,12,14). The Morgan fingerprint density at radius 3 is 2.29 bits per heavy atom. The maximum atomic E-state index is 5.48. The number of unbranched alkanes of at least 4 members (excludes halogenated alkanes) is 4. The molecule has 0 rings (SSSR count). The van der Waals surface area contributed by atoms with Crippen molar-refractivity contribution in [1.82, 2.24) is 0 Å². The van der Waals surface area contributed by atoms with Gasteiger partial charge in [0.05, 0.1) is 4.99 Å². The number of rotatable bonds is 10. The predicted octanol–water partition coefficient (Wildman–Crippen LogP) is 3.04. The van der Waals surface area contributed by atoms with Crippen molar-refractivity contribution >= 4 is 17.2 Å². The highest BCUT2D eigenvalue weighted by molar-refractivity contribution is 7.80. The van der Waals surface area contributed by atoms with E-state index in [4.69, 9.17) is 22.7 Å². The topological polar surface area (TPSA) is 35.2 Å². The van der Waals surface area contributed by atoms with Gasteiger partial charge < -0.3 is 10.5 Å². The Morgan fingerprint density at radius 1 is 1.07 bits per heavy atom. The van der Waals surface area contributed by atoms with Gasteiger partial charge in [0.1, 0.15) is 0 Å². The van der Waals surface area contributed by atoms with E-state index in [0.717, 1.165) is 32.5 Å². The molecular weight excluding hydrogens is 194 g/mol. The molecule has 0 aromatic heterocycles. The van der Waals surface area contributed by atoms with Crippen molar-refractivity contribution in [3.05, 3.63) is 0 Å². The number of hydrogen-bond acceptors (Lipinski definition) is 2. The van der Waals surface area contributed by atoms with Gasteiger partial charge in [-0.1, -0.05) is 38.4 Å². The highest BCUT2D eigenvalue weighted by atomic mass is 32.1. The van der Waals surface area contributed by atoms with Crippen LogP contribution in [0.1, 0.15) is 51.9 Å². The Labute approximate surface area is 93.2 Å². The van der Waals surface area contributed by atoms with Crippen LogP contribution in [-0.4, -0.2) is 18.2 Å². The maximum Gasteiger partial charge on any atom is 0.0727 e. The molecule has 0 aromatic rings. The van der Waals surface area contributed by atoms with Gasteiger partial charge >= 0.3 is 0 Å². The van der Waals surface area contributed by atoms with Gasteiger partial charge in [0, 0.05) is 13.2 Å². The van der Waals surface area contributed by atoms with Gasteiger partial charge in [-0.15, -0.1) is 0 Å². The highest BCUT2D eigenvalue weighted by Gasteiger charge is 1.92. The lowest BCUT2D eigenvalue weighted by Crippen LogP contribution is -2.07. The summed E-state index contributed by atoms with van der Waals surface area (Å²) in [6, 6.07) is 0. The van der Waals surface area contributed by atoms with Crippen molar-refractivity contribution < 1.29 is 4.74 Å². The summed E-state index contributed by atoms with van der Waals surface area (Å²) in [5.74, 6) is 0. The number of thiocarbonyl (C=S) groups is 1. The molecule has 0 aliphatic heterocycles. The molecule has 0 bridgehead atoms. The molecule has 0 radical (unpaired) electrons. The Hall–Kier alpha value is -0.150. The molecule has 0 unspecified atom stereocenters. The van der Waals surface area contributed by atoms with Gasteiger partial charge in [0.25, 0.3) is 0 Å². The average Bonchev–Trinajstić information content (AvgIpc) is 2.15. The van der Waals surface area contributed by atoms with E-state index >= 15 is 0 Å². The lowest BCUT2D eigenvalue weighted by molar-refractivity contribution is 0.126. The third kappa shape index (κ3) is 11.8. The second-order valence-corrected chi connectivity index (χ2v) is 4.12. The zero-order valence-electron chi connectivity index (χ0n) is 9.26. The molecule has 0 atom stereocenters. The molecular formula is C11H23NOS. The molecule has 0 aromatic carbocycles. The number of hydrogen-bond donors (Lipinski definition) is 1. The van der Waals surface area contributed by atoms with Crippen molar-refractivity contribution in [2.45, 2.75) is 51.9 Å². The minimum absolute atomic E-state index is 0.618. The van der Waals surface area contributed by atoms with Crippen LogP contribution >= 0.6 is 12.2 Å². The Kier molecular flexibility index (Phi) is 10.8. The molecule has 0 spiro atoms. The lowest BCUT2D eigenvalue weighted by atomic mass is 10.2. The molecule has 14 heavy (non-hydrogen) atoms. The Bertz CT molecular complexity index is 139. The molecule has 0 fully saturated rings. The van der Waals surface area contributed by atoms with Gasteiger partial charge in [-0.2, -0.15) is 0 Å². The summed E-state index contributed by atoms with van der Waals surface area (Å²) in [7, 11) is 0. The molecule has 3 heteroatoms. The van der Waals surface area contributed by atoms with E-state index in [0.29, 0.717) is 4.99 Å². The maximum absolute atomic E-state index is 5.48. The SMILES string of the molecule is CCCCCCOCCCCC(N)=S. The third-order valence-electron chi connectivity index (χ3n) is 2.10. The zero-order valence-corrected chi connectivity index (χ0v) is 10.1. The zero-order chi connectivity index (χ0) is 10.6. The van der Waals surface area contributed by atoms with Crippen molar-refractivity contribution in [3.8, 4) is 0 Å². The summed E-state index contributed by atoms with van der Waals surface area (Å²) in [5, 5.41) is 0.